The minimum Gasteiger partial charge on any atom is -0.478 e. The van der Waals surface area contributed by atoms with Gasteiger partial charge in [-0.2, -0.15) is 0 Å². The van der Waals surface area contributed by atoms with Crippen molar-refractivity contribution in [1.29, 1.82) is 0 Å². The second-order valence-corrected chi connectivity index (χ2v) is 4.64. The molecule has 3 rings (SSSR count). The fourth-order valence-corrected chi connectivity index (χ4v) is 2.54. The third-order valence-corrected chi connectivity index (χ3v) is 3.51. The van der Waals surface area contributed by atoms with Crippen molar-refractivity contribution in [3.63, 3.8) is 0 Å². The molecule has 1 aromatic rings. The van der Waals surface area contributed by atoms with E-state index in [1.807, 2.05) is 12.2 Å². The zero-order valence-electron chi connectivity index (χ0n) is 10.00. The van der Waals surface area contributed by atoms with Crippen LogP contribution in [0.4, 0.5) is 0 Å². The molecule has 0 fully saturated rings. The number of amides is 2. The number of carboxylic acid groups (broad SMARTS) is 1. The van der Waals surface area contributed by atoms with Gasteiger partial charge in [0.15, 0.2) is 0 Å². The lowest BCUT2D eigenvalue weighted by atomic mass is 10.1. The standard InChI is InChI=1S/C14H11NO4/c16-12-10-6-5-8(14(18)19)7-11(10)13(17)15(12)9-3-1-2-4-9/h1-2,5-7,9H,3-4H2,(H,18,19). The second kappa shape index (κ2) is 4.05. The molecule has 0 bridgehead atoms. The summed E-state index contributed by atoms with van der Waals surface area (Å²) in [5.74, 6) is -1.83. The Morgan fingerprint density at radius 1 is 1.11 bits per heavy atom. The zero-order valence-corrected chi connectivity index (χ0v) is 10.00. The summed E-state index contributed by atoms with van der Waals surface area (Å²) in [7, 11) is 0. The summed E-state index contributed by atoms with van der Waals surface area (Å²) in [4.78, 5) is 36.6. The van der Waals surface area contributed by atoms with Gasteiger partial charge in [0.2, 0.25) is 0 Å². The molecule has 0 aromatic heterocycles. The van der Waals surface area contributed by atoms with Gasteiger partial charge in [-0.05, 0) is 31.0 Å². The predicted molar refractivity (Wildman–Crippen MR) is 66.1 cm³/mol. The average Bonchev–Trinajstić information content (AvgIpc) is 2.98. The van der Waals surface area contributed by atoms with Crippen molar-refractivity contribution in [2.45, 2.75) is 18.9 Å². The molecule has 0 saturated carbocycles. The summed E-state index contributed by atoms with van der Waals surface area (Å²) in [5.41, 5.74) is 0.505. The van der Waals surface area contributed by atoms with Gasteiger partial charge in [-0.1, -0.05) is 12.2 Å². The van der Waals surface area contributed by atoms with Gasteiger partial charge in [0, 0.05) is 6.04 Å². The van der Waals surface area contributed by atoms with Gasteiger partial charge in [0.05, 0.1) is 16.7 Å². The number of hydrogen-bond donors (Lipinski definition) is 1. The Morgan fingerprint density at radius 3 is 2.37 bits per heavy atom. The first-order valence-electron chi connectivity index (χ1n) is 6.00. The highest BCUT2D eigenvalue weighted by molar-refractivity contribution is 6.22. The maximum Gasteiger partial charge on any atom is 0.335 e. The summed E-state index contributed by atoms with van der Waals surface area (Å²) in [6.07, 6.45) is 5.21. The second-order valence-electron chi connectivity index (χ2n) is 4.64. The average molecular weight is 257 g/mol. The van der Waals surface area contributed by atoms with E-state index in [-0.39, 0.29) is 23.1 Å². The van der Waals surface area contributed by atoms with E-state index in [0.29, 0.717) is 18.4 Å². The molecule has 0 saturated heterocycles. The van der Waals surface area contributed by atoms with E-state index in [1.54, 1.807) is 0 Å². The Labute approximate surface area is 109 Å². The highest BCUT2D eigenvalue weighted by Crippen LogP contribution is 2.29. The topological polar surface area (TPSA) is 74.7 Å². The van der Waals surface area contributed by atoms with E-state index < -0.39 is 11.9 Å². The van der Waals surface area contributed by atoms with Crippen molar-refractivity contribution in [3.05, 3.63) is 47.0 Å². The highest BCUT2D eigenvalue weighted by atomic mass is 16.4. The molecular weight excluding hydrogens is 246 g/mol. The molecule has 2 amide bonds. The summed E-state index contributed by atoms with van der Waals surface area (Å²) in [6.45, 7) is 0. The summed E-state index contributed by atoms with van der Waals surface area (Å²) in [5, 5.41) is 8.93. The van der Waals surface area contributed by atoms with Gasteiger partial charge in [-0.15, -0.1) is 0 Å². The zero-order chi connectivity index (χ0) is 13.6. The van der Waals surface area contributed by atoms with Crippen LogP contribution in [-0.2, 0) is 0 Å². The summed E-state index contributed by atoms with van der Waals surface area (Å²) < 4.78 is 0. The largest absolute Gasteiger partial charge is 0.478 e. The molecule has 0 spiro atoms. The molecular formula is C14H11NO4. The van der Waals surface area contributed by atoms with Gasteiger partial charge < -0.3 is 5.11 Å². The van der Waals surface area contributed by atoms with Gasteiger partial charge in [0.1, 0.15) is 0 Å². The lowest BCUT2D eigenvalue weighted by molar-refractivity contribution is 0.0591. The third-order valence-electron chi connectivity index (χ3n) is 3.51. The van der Waals surface area contributed by atoms with Crippen LogP contribution in [0.2, 0.25) is 0 Å². The van der Waals surface area contributed by atoms with E-state index >= 15 is 0 Å². The minimum absolute atomic E-state index is 0.0197. The molecule has 1 heterocycles. The lowest BCUT2D eigenvalue weighted by Crippen LogP contribution is -2.38. The first-order chi connectivity index (χ1) is 9.09. The van der Waals surface area contributed by atoms with Crippen LogP contribution >= 0.6 is 0 Å². The van der Waals surface area contributed by atoms with Gasteiger partial charge >= 0.3 is 5.97 Å². The highest BCUT2D eigenvalue weighted by Gasteiger charge is 2.40. The molecule has 1 N–H and O–H groups in total. The molecule has 19 heavy (non-hydrogen) atoms. The summed E-state index contributed by atoms with van der Waals surface area (Å²) in [6, 6.07) is 3.91. The number of carbonyl (C=O) groups excluding carboxylic acids is 2. The fourth-order valence-electron chi connectivity index (χ4n) is 2.54. The first kappa shape index (κ1) is 11.6. The molecule has 5 nitrogen and oxygen atoms in total. The molecule has 1 aromatic carbocycles. The first-order valence-corrected chi connectivity index (χ1v) is 6.00. The van der Waals surface area contributed by atoms with E-state index in [0.717, 1.165) is 0 Å². The van der Waals surface area contributed by atoms with E-state index in [1.165, 1.54) is 23.1 Å². The van der Waals surface area contributed by atoms with Crippen LogP contribution in [0.5, 0.6) is 0 Å². The number of imide groups is 1. The van der Waals surface area contributed by atoms with Gasteiger partial charge in [0.25, 0.3) is 11.8 Å². The number of benzene rings is 1. The lowest BCUT2D eigenvalue weighted by Gasteiger charge is -2.21. The molecule has 1 aliphatic heterocycles. The Kier molecular flexibility index (Phi) is 2.48. The quantitative estimate of drug-likeness (QED) is 0.646. The molecule has 2 aliphatic rings. The van der Waals surface area contributed by atoms with Crippen molar-refractivity contribution in [3.8, 4) is 0 Å². The van der Waals surface area contributed by atoms with E-state index in [4.69, 9.17) is 5.11 Å². The van der Waals surface area contributed by atoms with Gasteiger partial charge in [-0.25, -0.2) is 4.79 Å². The summed E-state index contributed by atoms with van der Waals surface area (Å²) >= 11 is 0. The SMILES string of the molecule is O=C(O)c1ccc2c(c1)C(=O)N(C1CC=CC1)C2=O. The van der Waals surface area contributed by atoms with Crippen molar-refractivity contribution in [2.75, 3.05) is 0 Å². The smallest absolute Gasteiger partial charge is 0.335 e. The Bertz CT molecular complexity index is 624. The van der Waals surface area contributed by atoms with Crippen LogP contribution in [0.1, 0.15) is 43.9 Å². The molecule has 0 unspecified atom stereocenters. The van der Waals surface area contributed by atoms with Gasteiger partial charge in [-0.3, -0.25) is 14.5 Å². The van der Waals surface area contributed by atoms with E-state index in [9.17, 15) is 14.4 Å². The maximum atomic E-state index is 12.3. The Morgan fingerprint density at radius 2 is 1.74 bits per heavy atom. The molecule has 0 atom stereocenters. The van der Waals surface area contributed by atoms with Crippen molar-refractivity contribution < 1.29 is 19.5 Å². The van der Waals surface area contributed by atoms with Crippen molar-refractivity contribution >= 4 is 17.8 Å². The number of aromatic carboxylic acids is 1. The molecule has 96 valence electrons. The third kappa shape index (κ3) is 1.66. The van der Waals surface area contributed by atoms with E-state index in [2.05, 4.69) is 0 Å². The minimum atomic E-state index is -1.11. The van der Waals surface area contributed by atoms with Crippen molar-refractivity contribution in [2.24, 2.45) is 0 Å². The van der Waals surface area contributed by atoms with Crippen LogP contribution in [0.25, 0.3) is 0 Å². The van der Waals surface area contributed by atoms with Crippen LogP contribution in [-0.4, -0.2) is 33.8 Å². The number of carboxylic acids is 1. The number of rotatable bonds is 2. The van der Waals surface area contributed by atoms with Crippen molar-refractivity contribution in [1.82, 2.24) is 4.90 Å². The predicted octanol–water partition coefficient (Wildman–Crippen LogP) is 1.70. The number of fused-ring (bicyclic) bond motifs is 1. The Hall–Kier alpha value is -2.43. The monoisotopic (exact) mass is 257 g/mol. The number of nitrogens with zero attached hydrogens (tertiary/aromatic N) is 1. The maximum absolute atomic E-state index is 12.3. The molecule has 0 radical (unpaired) electrons. The molecule has 1 aliphatic carbocycles. The van der Waals surface area contributed by atoms with Crippen LogP contribution in [0, 0.1) is 0 Å². The normalized spacial score (nSPS) is 18.2. The fraction of sp³-hybridized carbons (Fsp3) is 0.214. The Balaban J connectivity index is 2.01. The number of carbonyl (C=O) groups is 3. The number of hydrogen-bond acceptors (Lipinski definition) is 3. The van der Waals surface area contributed by atoms with Crippen LogP contribution in [0.15, 0.2) is 30.4 Å². The molecule has 5 heteroatoms. The van der Waals surface area contributed by atoms with Crippen LogP contribution in [0.3, 0.4) is 0 Å². The van der Waals surface area contributed by atoms with Crippen LogP contribution < -0.4 is 0 Å².